The number of thioether (sulfide) groups is 1. The number of hydrogen-bond acceptors (Lipinski definition) is 4. The van der Waals surface area contributed by atoms with Gasteiger partial charge < -0.3 is 10.6 Å². The Morgan fingerprint density at radius 2 is 1.64 bits per heavy atom. The highest BCUT2D eigenvalue weighted by Crippen LogP contribution is 2.24. The molecule has 5 nitrogen and oxygen atoms in total. The zero-order valence-corrected chi connectivity index (χ0v) is 17.6. The van der Waals surface area contributed by atoms with Gasteiger partial charge in [0.1, 0.15) is 0 Å². The lowest BCUT2D eigenvalue weighted by Gasteiger charge is -2.19. The maximum absolute atomic E-state index is 12.3. The molecule has 0 saturated carbocycles. The van der Waals surface area contributed by atoms with Gasteiger partial charge in [0.15, 0.2) is 0 Å². The first kappa shape index (κ1) is 22.0. The summed E-state index contributed by atoms with van der Waals surface area (Å²) < 4.78 is 0. The van der Waals surface area contributed by atoms with Crippen molar-refractivity contribution in [3.63, 3.8) is 0 Å². The molecule has 0 saturated heterocycles. The molecule has 28 heavy (non-hydrogen) atoms. The molecule has 2 N–H and O–H groups in total. The number of benzene rings is 2. The van der Waals surface area contributed by atoms with E-state index in [1.165, 1.54) is 5.56 Å². The van der Waals surface area contributed by atoms with Crippen LogP contribution in [0.5, 0.6) is 0 Å². The molecule has 0 aliphatic carbocycles. The van der Waals surface area contributed by atoms with E-state index in [1.807, 2.05) is 48.7 Å². The van der Waals surface area contributed by atoms with Crippen molar-refractivity contribution in [2.45, 2.75) is 24.2 Å². The minimum absolute atomic E-state index is 0.0748. The van der Waals surface area contributed by atoms with Gasteiger partial charge in [-0.2, -0.15) is 0 Å². The van der Waals surface area contributed by atoms with Crippen molar-refractivity contribution >= 4 is 29.3 Å². The number of amides is 2. The fourth-order valence-electron chi connectivity index (χ4n) is 3.00. The Morgan fingerprint density at radius 3 is 2.32 bits per heavy atom. The monoisotopic (exact) mass is 399 g/mol. The summed E-state index contributed by atoms with van der Waals surface area (Å²) in [4.78, 5) is 27.3. The molecule has 2 rings (SSSR count). The molecule has 0 aromatic heterocycles. The minimum Gasteiger partial charge on any atom is -0.354 e. The fraction of sp³-hybridized carbons (Fsp3) is 0.364. The molecule has 6 heteroatoms. The molecule has 0 aliphatic heterocycles. The van der Waals surface area contributed by atoms with Crippen molar-refractivity contribution in [2.75, 3.05) is 38.3 Å². The number of carbonyl (C=O) groups is 2. The van der Waals surface area contributed by atoms with Crippen molar-refractivity contribution < 1.29 is 9.59 Å². The van der Waals surface area contributed by atoms with E-state index in [9.17, 15) is 9.59 Å². The van der Waals surface area contributed by atoms with Crippen LogP contribution in [0, 0.1) is 0 Å². The van der Waals surface area contributed by atoms with Crippen molar-refractivity contribution in [3.05, 3.63) is 60.2 Å². The van der Waals surface area contributed by atoms with Crippen LogP contribution in [0.2, 0.25) is 0 Å². The van der Waals surface area contributed by atoms with Gasteiger partial charge in [0, 0.05) is 17.4 Å². The van der Waals surface area contributed by atoms with Crippen molar-refractivity contribution in [1.82, 2.24) is 10.2 Å². The van der Waals surface area contributed by atoms with Crippen LogP contribution in [-0.2, 0) is 9.59 Å². The molecule has 0 spiro atoms. The second kappa shape index (κ2) is 11.5. The molecule has 2 amide bonds. The number of nitrogens with zero attached hydrogens (tertiary/aromatic N) is 1. The lowest BCUT2D eigenvalue weighted by molar-refractivity contribution is -0.123. The summed E-state index contributed by atoms with van der Waals surface area (Å²) in [6, 6.07) is 17.9. The van der Waals surface area contributed by atoms with Crippen LogP contribution in [0.25, 0.3) is 0 Å². The highest BCUT2D eigenvalue weighted by Gasteiger charge is 2.14. The number of carbonyl (C=O) groups excluding carboxylic acids is 2. The summed E-state index contributed by atoms with van der Waals surface area (Å²) in [7, 11) is 1.77. The Bertz CT molecular complexity index is 767. The van der Waals surface area contributed by atoms with Gasteiger partial charge in [-0.25, -0.2) is 0 Å². The van der Waals surface area contributed by atoms with Crippen molar-refractivity contribution in [2.24, 2.45) is 0 Å². The Morgan fingerprint density at radius 1 is 1.00 bits per heavy atom. The second-order valence-electron chi connectivity index (χ2n) is 6.74. The molecule has 2 aromatic carbocycles. The normalized spacial score (nSPS) is 11.9. The summed E-state index contributed by atoms with van der Waals surface area (Å²) in [5, 5.41) is 5.90. The van der Waals surface area contributed by atoms with Gasteiger partial charge in [-0.1, -0.05) is 49.4 Å². The lowest BCUT2D eigenvalue weighted by atomic mass is 9.96. The van der Waals surface area contributed by atoms with Crippen LogP contribution in [-0.4, -0.2) is 49.7 Å². The fourth-order valence-corrected chi connectivity index (χ4v) is 3.55. The van der Waals surface area contributed by atoms with E-state index in [1.54, 1.807) is 23.7 Å². The molecule has 0 fully saturated rings. The highest BCUT2D eigenvalue weighted by molar-refractivity contribution is 7.98. The van der Waals surface area contributed by atoms with Crippen molar-refractivity contribution in [3.8, 4) is 0 Å². The van der Waals surface area contributed by atoms with E-state index in [2.05, 4.69) is 29.7 Å². The van der Waals surface area contributed by atoms with Crippen LogP contribution in [0.1, 0.15) is 24.8 Å². The summed E-state index contributed by atoms with van der Waals surface area (Å²) in [5.41, 5.74) is 2.02. The second-order valence-corrected chi connectivity index (χ2v) is 7.59. The third-order valence-corrected chi connectivity index (χ3v) is 5.31. The molecule has 0 radical (unpaired) electrons. The van der Waals surface area contributed by atoms with Crippen molar-refractivity contribution in [1.29, 1.82) is 0 Å². The average molecular weight is 400 g/mol. The highest BCUT2D eigenvalue weighted by atomic mass is 32.2. The summed E-state index contributed by atoms with van der Waals surface area (Å²) in [6.07, 6.45) is 2.93. The zero-order chi connectivity index (χ0) is 20.4. The van der Waals surface area contributed by atoms with Gasteiger partial charge >= 0.3 is 0 Å². The molecule has 1 atom stereocenters. The molecular weight excluding hydrogens is 370 g/mol. The standard InChI is InChI=1S/C22H29N3O2S/c1-4-17(18-10-6-5-7-11-18)14-23-21(26)15-25(2)16-22(27)24-19-12-8-9-13-20(19)28-3/h5-13,17H,4,14-16H2,1-3H3,(H,23,26)(H,24,27)/t17-/m0/s1. The van der Waals surface area contributed by atoms with Gasteiger partial charge in [-0.05, 0) is 37.4 Å². The van der Waals surface area contributed by atoms with Crippen LogP contribution in [0.15, 0.2) is 59.5 Å². The number of hydrogen-bond donors (Lipinski definition) is 2. The number of likely N-dealkylation sites (N-methyl/N-ethyl adjacent to an activating group) is 1. The Balaban J connectivity index is 1.78. The van der Waals surface area contributed by atoms with E-state index in [-0.39, 0.29) is 24.9 Å². The predicted molar refractivity (Wildman–Crippen MR) is 117 cm³/mol. The minimum atomic E-state index is -0.132. The smallest absolute Gasteiger partial charge is 0.238 e. The predicted octanol–water partition coefficient (Wildman–Crippen LogP) is 3.59. The maximum Gasteiger partial charge on any atom is 0.238 e. The van der Waals surface area contributed by atoms with E-state index >= 15 is 0 Å². The van der Waals surface area contributed by atoms with E-state index < -0.39 is 0 Å². The van der Waals surface area contributed by atoms with E-state index in [0.717, 1.165) is 17.0 Å². The number of anilines is 1. The Hall–Kier alpha value is -2.31. The van der Waals surface area contributed by atoms with Crippen LogP contribution in [0.3, 0.4) is 0 Å². The van der Waals surface area contributed by atoms with Crippen LogP contribution >= 0.6 is 11.8 Å². The molecule has 0 bridgehead atoms. The largest absolute Gasteiger partial charge is 0.354 e. The summed E-state index contributed by atoms with van der Waals surface area (Å²) in [6.45, 7) is 3.06. The molecule has 0 unspecified atom stereocenters. The molecule has 0 aliphatic rings. The SMILES string of the molecule is CC[C@@H](CNC(=O)CN(C)CC(=O)Nc1ccccc1SC)c1ccccc1. The van der Waals surface area contributed by atoms with Crippen LogP contribution in [0.4, 0.5) is 5.69 Å². The molecule has 150 valence electrons. The van der Waals surface area contributed by atoms with Gasteiger partial charge in [-0.3, -0.25) is 14.5 Å². The van der Waals surface area contributed by atoms with E-state index in [0.29, 0.717) is 12.5 Å². The first-order valence-corrected chi connectivity index (χ1v) is 10.7. The number of para-hydroxylation sites is 1. The topological polar surface area (TPSA) is 61.4 Å². The first-order valence-electron chi connectivity index (χ1n) is 9.46. The number of rotatable bonds is 10. The van der Waals surface area contributed by atoms with Gasteiger partial charge in [-0.15, -0.1) is 11.8 Å². The summed E-state index contributed by atoms with van der Waals surface area (Å²) >= 11 is 1.58. The molecular formula is C22H29N3O2S. The molecule has 0 heterocycles. The van der Waals surface area contributed by atoms with Gasteiger partial charge in [0.05, 0.1) is 18.8 Å². The van der Waals surface area contributed by atoms with Gasteiger partial charge in [0.25, 0.3) is 0 Å². The zero-order valence-electron chi connectivity index (χ0n) is 16.8. The quantitative estimate of drug-likeness (QED) is 0.600. The van der Waals surface area contributed by atoms with Crippen LogP contribution < -0.4 is 10.6 Å². The lowest BCUT2D eigenvalue weighted by Crippen LogP contribution is -2.40. The average Bonchev–Trinajstić information content (AvgIpc) is 2.69. The third kappa shape index (κ3) is 7.02. The Kier molecular flexibility index (Phi) is 9.04. The molecule has 2 aromatic rings. The van der Waals surface area contributed by atoms with Gasteiger partial charge in [0.2, 0.25) is 11.8 Å². The van der Waals surface area contributed by atoms with E-state index in [4.69, 9.17) is 0 Å². The Labute approximate surface area is 171 Å². The third-order valence-electron chi connectivity index (χ3n) is 4.52. The number of nitrogens with one attached hydrogen (secondary N) is 2. The first-order chi connectivity index (χ1) is 13.5. The summed E-state index contributed by atoms with van der Waals surface area (Å²) in [5.74, 6) is 0.0866. The maximum atomic E-state index is 12.3.